The molecule has 1 atom stereocenters. The molecule has 0 fully saturated rings. The topological polar surface area (TPSA) is 88.9 Å². The molecule has 162 valence electrons. The quantitative estimate of drug-likeness (QED) is 0.542. The number of aryl methyl sites for hydroxylation is 2. The van der Waals surface area contributed by atoms with Gasteiger partial charge in [-0.2, -0.15) is 0 Å². The fourth-order valence-corrected chi connectivity index (χ4v) is 5.05. The highest BCUT2D eigenvalue weighted by Crippen LogP contribution is 2.34. The van der Waals surface area contributed by atoms with Crippen molar-refractivity contribution in [2.75, 3.05) is 10.6 Å². The van der Waals surface area contributed by atoms with Crippen molar-refractivity contribution >= 4 is 34.0 Å². The molecule has 0 saturated heterocycles. The van der Waals surface area contributed by atoms with Crippen LogP contribution in [-0.2, 0) is 24.2 Å². The van der Waals surface area contributed by atoms with E-state index in [0.717, 1.165) is 24.5 Å². The van der Waals surface area contributed by atoms with E-state index in [1.807, 2.05) is 10.8 Å². The Hall–Kier alpha value is -3.00. The predicted molar refractivity (Wildman–Crippen MR) is 122 cm³/mol. The molecule has 7 nitrogen and oxygen atoms in total. The number of carbonyl (C=O) groups is 2. The van der Waals surface area contributed by atoms with Crippen LogP contribution in [0.1, 0.15) is 53.5 Å². The lowest BCUT2D eigenvalue weighted by molar-refractivity contribution is -0.116. The Kier molecular flexibility index (Phi) is 6.76. The highest BCUT2D eigenvalue weighted by atomic mass is 32.1. The maximum absolute atomic E-state index is 12.7. The van der Waals surface area contributed by atoms with Gasteiger partial charge in [-0.15, -0.1) is 11.3 Å². The van der Waals surface area contributed by atoms with E-state index in [1.54, 1.807) is 48.1 Å². The normalized spacial score (nSPS) is 15.3. The summed E-state index contributed by atoms with van der Waals surface area (Å²) in [5, 5.41) is 6.44. The summed E-state index contributed by atoms with van der Waals surface area (Å²) in [5.74, 6) is 0.404. The summed E-state index contributed by atoms with van der Waals surface area (Å²) in [5.41, 5.74) is 2.22. The molecule has 2 N–H and O–H groups in total. The summed E-state index contributed by atoms with van der Waals surface area (Å²) in [6, 6.07) is 6.97. The van der Waals surface area contributed by atoms with Crippen LogP contribution >= 0.6 is 11.3 Å². The van der Waals surface area contributed by atoms with Crippen molar-refractivity contribution in [3.63, 3.8) is 0 Å². The highest BCUT2D eigenvalue weighted by molar-refractivity contribution is 7.15. The third-order valence-corrected chi connectivity index (χ3v) is 6.56. The first-order chi connectivity index (χ1) is 15.1. The van der Waals surface area contributed by atoms with Crippen LogP contribution in [0.4, 0.5) is 10.8 Å². The molecule has 2 amide bonds. The van der Waals surface area contributed by atoms with Gasteiger partial charge in [-0.3, -0.25) is 14.9 Å². The van der Waals surface area contributed by atoms with Gasteiger partial charge in [-0.1, -0.05) is 25.8 Å². The van der Waals surface area contributed by atoms with Crippen LogP contribution in [0.15, 0.2) is 43.0 Å². The minimum atomic E-state index is -0.217. The number of aromatic nitrogens is 3. The van der Waals surface area contributed by atoms with Crippen LogP contribution in [0, 0.1) is 5.92 Å². The minimum Gasteiger partial charge on any atom is -0.337 e. The number of carbonyl (C=O) groups excluding carboxylic acids is 2. The molecule has 0 radical (unpaired) electrons. The van der Waals surface area contributed by atoms with Crippen LogP contribution < -0.4 is 10.6 Å². The molecule has 8 heteroatoms. The second kappa shape index (κ2) is 9.87. The van der Waals surface area contributed by atoms with Crippen LogP contribution in [-0.4, -0.2) is 26.3 Å². The van der Waals surface area contributed by atoms with Gasteiger partial charge in [0, 0.05) is 41.5 Å². The van der Waals surface area contributed by atoms with Crippen molar-refractivity contribution in [3.8, 4) is 0 Å². The molecule has 0 spiro atoms. The summed E-state index contributed by atoms with van der Waals surface area (Å²) < 4.78 is 1.85. The molecule has 4 rings (SSSR count). The zero-order chi connectivity index (χ0) is 21.6. The zero-order valence-corrected chi connectivity index (χ0v) is 18.5. The van der Waals surface area contributed by atoms with Crippen molar-refractivity contribution in [3.05, 3.63) is 59.1 Å². The van der Waals surface area contributed by atoms with Crippen LogP contribution in [0.3, 0.4) is 0 Å². The molecule has 0 saturated carbocycles. The van der Waals surface area contributed by atoms with Gasteiger partial charge < -0.3 is 9.88 Å². The highest BCUT2D eigenvalue weighted by Gasteiger charge is 2.22. The number of thiazole rings is 1. The fraction of sp³-hybridized carbons (Fsp3) is 0.391. The maximum Gasteiger partial charge on any atom is 0.257 e. The van der Waals surface area contributed by atoms with Gasteiger partial charge in [0.15, 0.2) is 5.13 Å². The van der Waals surface area contributed by atoms with E-state index >= 15 is 0 Å². The molecule has 1 aliphatic rings. The molecule has 31 heavy (non-hydrogen) atoms. The lowest BCUT2D eigenvalue weighted by atomic mass is 9.88. The molecule has 2 aromatic heterocycles. The predicted octanol–water partition coefficient (Wildman–Crippen LogP) is 4.53. The zero-order valence-electron chi connectivity index (χ0n) is 17.6. The van der Waals surface area contributed by atoms with E-state index in [2.05, 4.69) is 27.5 Å². The molecule has 1 aliphatic carbocycles. The Morgan fingerprint density at radius 2 is 2.19 bits per heavy atom. The van der Waals surface area contributed by atoms with E-state index in [4.69, 9.17) is 0 Å². The Bertz CT molecular complexity index is 1040. The average molecular weight is 438 g/mol. The molecule has 0 bridgehead atoms. The minimum absolute atomic E-state index is 0.111. The second-order valence-corrected chi connectivity index (χ2v) is 9.00. The van der Waals surface area contributed by atoms with Gasteiger partial charge in [0.1, 0.15) is 0 Å². The Morgan fingerprint density at radius 1 is 1.29 bits per heavy atom. The fourth-order valence-electron chi connectivity index (χ4n) is 3.93. The first-order valence-electron chi connectivity index (χ1n) is 10.8. The van der Waals surface area contributed by atoms with Crippen molar-refractivity contribution in [1.29, 1.82) is 0 Å². The number of amides is 2. The number of benzene rings is 1. The van der Waals surface area contributed by atoms with E-state index in [-0.39, 0.29) is 11.8 Å². The number of hydrogen-bond donors (Lipinski definition) is 2. The summed E-state index contributed by atoms with van der Waals surface area (Å²) in [4.78, 5) is 34.9. The van der Waals surface area contributed by atoms with Gasteiger partial charge >= 0.3 is 0 Å². The monoisotopic (exact) mass is 437 g/mol. The Labute approximate surface area is 185 Å². The third-order valence-electron chi connectivity index (χ3n) is 5.52. The number of nitrogens with one attached hydrogen (secondary N) is 2. The number of nitrogens with zero attached hydrogens (tertiary/aromatic N) is 3. The van der Waals surface area contributed by atoms with Crippen LogP contribution in [0.25, 0.3) is 0 Å². The van der Waals surface area contributed by atoms with E-state index in [9.17, 15) is 9.59 Å². The molecular weight excluding hydrogens is 410 g/mol. The van der Waals surface area contributed by atoms with E-state index in [1.165, 1.54) is 24.1 Å². The molecule has 0 aliphatic heterocycles. The van der Waals surface area contributed by atoms with Crippen LogP contribution in [0.5, 0.6) is 0 Å². The van der Waals surface area contributed by atoms with Gasteiger partial charge in [0.2, 0.25) is 5.91 Å². The van der Waals surface area contributed by atoms with Gasteiger partial charge in [-0.25, -0.2) is 9.97 Å². The summed E-state index contributed by atoms with van der Waals surface area (Å²) >= 11 is 1.59. The maximum atomic E-state index is 12.7. The van der Waals surface area contributed by atoms with Gasteiger partial charge in [0.25, 0.3) is 5.91 Å². The molecule has 2 heterocycles. The first-order valence-corrected chi connectivity index (χ1v) is 11.6. The van der Waals surface area contributed by atoms with Crippen molar-refractivity contribution in [1.82, 2.24) is 14.5 Å². The number of anilines is 2. The number of hydrogen-bond acceptors (Lipinski definition) is 5. The largest absolute Gasteiger partial charge is 0.337 e. The molecular formula is C23H27N5O2S. The SMILES string of the molecule is CCCC1CCc2nc(NC(=O)c3cccc(NC(=O)CCn4ccnc4)c3)sc2C1. The van der Waals surface area contributed by atoms with Crippen molar-refractivity contribution in [2.45, 2.75) is 52.0 Å². The Morgan fingerprint density at radius 3 is 3.00 bits per heavy atom. The lowest BCUT2D eigenvalue weighted by Gasteiger charge is -2.19. The summed E-state index contributed by atoms with van der Waals surface area (Å²) in [6.45, 7) is 2.78. The lowest BCUT2D eigenvalue weighted by Crippen LogP contribution is -2.15. The van der Waals surface area contributed by atoms with Crippen molar-refractivity contribution < 1.29 is 9.59 Å². The summed E-state index contributed by atoms with van der Waals surface area (Å²) in [7, 11) is 0. The number of imidazole rings is 1. The smallest absolute Gasteiger partial charge is 0.257 e. The number of fused-ring (bicyclic) bond motifs is 1. The van der Waals surface area contributed by atoms with Crippen molar-refractivity contribution in [2.24, 2.45) is 5.92 Å². The first kappa shape index (κ1) is 21.2. The van der Waals surface area contributed by atoms with E-state index < -0.39 is 0 Å². The van der Waals surface area contributed by atoms with Crippen LogP contribution in [0.2, 0.25) is 0 Å². The van der Waals surface area contributed by atoms with Gasteiger partial charge in [-0.05, 0) is 43.4 Å². The molecule has 1 unspecified atom stereocenters. The second-order valence-electron chi connectivity index (χ2n) is 7.92. The Balaban J connectivity index is 1.34. The number of rotatable bonds is 8. The standard InChI is InChI=1S/C23H27N5O2S/c1-2-4-16-7-8-19-20(13-16)31-23(26-19)27-22(30)17-5-3-6-18(14-17)25-21(29)9-11-28-12-10-24-15-28/h3,5-6,10,12,14-16H,2,4,7-9,11,13H2,1H3,(H,25,29)(H,26,27,30). The molecule has 3 aromatic rings. The summed E-state index contributed by atoms with van der Waals surface area (Å²) in [6.07, 6.45) is 11.2. The third kappa shape index (κ3) is 5.58. The average Bonchev–Trinajstić information content (AvgIpc) is 3.42. The van der Waals surface area contributed by atoms with Gasteiger partial charge in [0.05, 0.1) is 12.0 Å². The van der Waals surface area contributed by atoms with E-state index in [0.29, 0.717) is 29.3 Å². The molecule has 1 aromatic carbocycles.